The minimum absolute atomic E-state index is 0.00875. The fourth-order valence-corrected chi connectivity index (χ4v) is 4.54. The largest absolute Gasteiger partial charge is 0.337 e. The van der Waals surface area contributed by atoms with Crippen molar-refractivity contribution in [2.45, 2.75) is 76.8 Å². The number of nitrogens with zero attached hydrogens (tertiary/aromatic N) is 3. The third-order valence-electron chi connectivity index (χ3n) is 6.22. The van der Waals surface area contributed by atoms with Gasteiger partial charge in [-0.1, -0.05) is 26.2 Å². The van der Waals surface area contributed by atoms with Crippen LogP contribution in [0.5, 0.6) is 0 Å². The predicted molar refractivity (Wildman–Crippen MR) is 103 cm³/mol. The van der Waals surface area contributed by atoms with Crippen LogP contribution >= 0.6 is 0 Å². The van der Waals surface area contributed by atoms with Crippen molar-refractivity contribution < 1.29 is 14.4 Å². The molecule has 2 aliphatic heterocycles. The van der Waals surface area contributed by atoms with Crippen LogP contribution < -0.4 is 5.32 Å². The van der Waals surface area contributed by atoms with Gasteiger partial charge in [-0.05, 0) is 32.1 Å². The number of amides is 4. The van der Waals surface area contributed by atoms with Gasteiger partial charge in [0.1, 0.15) is 6.04 Å². The number of piperidine rings is 1. The van der Waals surface area contributed by atoms with Crippen molar-refractivity contribution in [3.8, 4) is 0 Å². The maximum absolute atomic E-state index is 13.0. The van der Waals surface area contributed by atoms with Crippen LogP contribution in [0.1, 0.15) is 64.7 Å². The van der Waals surface area contributed by atoms with Gasteiger partial charge in [-0.2, -0.15) is 0 Å². The van der Waals surface area contributed by atoms with E-state index in [-0.39, 0.29) is 23.9 Å². The number of hydrogen-bond donors (Lipinski definition) is 1. The summed E-state index contributed by atoms with van der Waals surface area (Å²) in [5, 5.41) is 3.16. The summed E-state index contributed by atoms with van der Waals surface area (Å²) in [6.45, 7) is 4.79. The molecule has 7 heteroatoms. The third-order valence-corrected chi connectivity index (χ3v) is 6.22. The van der Waals surface area contributed by atoms with Gasteiger partial charge in [-0.3, -0.25) is 9.59 Å². The number of urea groups is 1. The minimum atomic E-state index is -0.311. The molecule has 3 aliphatic rings. The molecule has 27 heavy (non-hydrogen) atoms. The lowest BCUT2D eigenvalue weighted by atomic mass is 9.96. The van der Waals surface area contributed by atoms with E-state index >= 15 is 0 Å². The van der Waals surface area contributed by atoms with Gasteiger partial charge >= 0.3 is 6.03 Å². The zero-order chi connectivity index (χ0) is 19.2. The van der Waals surface area contributed by atoms with Crippen molar-refractivity contribution in [3.05, 3.63) is 0 Å². The topological polar surface area (TPSA) is 73.0 Å². The molecule has 3 rings (SSSR count). The molecular weight excluding hydrogens is 344 g/mol. The normalized spacial score (nSPS) is 24.6. The second-order valence-corrected chi connectivity index (χ2v) is 8.05. The Hall–Kier alpha value is -1.79. The van der Waals surface area contributed by atoms with Crippen LogP contribution in [0.2, 0.25) is 0 Å². The summed E-state index contributed by atoms with van der Waals surface area (Å²) in [4.78, 5) is 43.1. The SMILES string of the molecule is CCC(=O)N1CCCCC1C(=O)N1CCN(C(=O)NC2CCCCC2)CC1. The molecule has 2 heterocycles. The number of piperazine rings is 1. The lowest BCUT2D eigenvalue weighted by molar-refractivity contribution is -0.148. The number of carbonyl (C=O) groups excluding carboxylic acids is 3. The van der Waals surface area contributed by atoms with Crippen molar-refractivity contribution in [1.29, 1.82) is 0 Å². The number of nitrogens with one attached hydrogen (secondary N) is 1. The summed E-state index contributed by atoms with van der Waals surface area (Å²) >= 11 is 0. The first kappa shape index (κ1) is 20.0. The molecule has 1 saturated carbocycles. The van der Waals surface area contributed by atoms with E-state index in [9.17, 15) is 14.4 Å². The van der Waals surface area contributed by atoms with Crippen LogP contribution in [0, 0.1) is 0 Å². The van der Waals surface area contributed by atoms with E-state index < -0.39 is 0 Å². The molecular formula is C20H34N4O3. The fourth-order valence-electron chi connectivity index (χ4n) is 4.54. The van der Waals surface area contributed by atoms with Gasteiger partial charge in [-0.25, -0.2) is 4.79 Å². The average Bonchev–Trinajstić information content (AvgIpc) is 2.73. The molecule has 3 fully saturated rings. The lowest BCUT2D eigenvalue weighted by Crippen LogP contribution is -2.59. The third kappa shape index (κ3) is 4.93. The lowest BCUT2D eigenvalue weighted by Gasteiger charge is -2.41. The van der Waals surface area contributed by atoms with Crippen LogP contribution in [0.3, 0.4) is 0 Å². The molecule has 0 bridgehead atoms. The quantitative estimate of drug-likeness (QED) is 0.816. The monoisotopic (exact) mass is 378 g/mol. The van der Waals surface area contributed by atoms with Crippen molar-refractivity contribution in [3.63, 3.8) is 0 Å². The highest BCUT2D eigenvalue weighted by Crippen LogP contribution is 2.21. The Morgan fingerprint density at radius 1 is 0.815 bits per heavy atom. The first-order chi connectivity index (χ1) is 13.1. The summed E-state index contributed by atoms with van der Waals surface area (Å²) in [6.07, 6.45) is 8.99. The molecule has 1 N–H and O–H groups in total. The van der Waals surface area contributed by atoms with E-state index in [2.05, 4.69) is 5.32 Å². The molecule has 1 atom stereocenters. The number of likely N-dealkylation sites (tertiary alicyclic amines) is 1. The Morgan fingerprint density at radius 2 is 1.44 bits per heavy atom. The average molecular weight is 379 g/mol. The van der Waals surface area contributed by atoms with E-state index in [1.165, 1.54) is 19.3 Å². The maximum atomic E-state index is 13.0. The smallest absolute Gasteiger partial charge is 0.317 e. The summed E-state index contributed by atoms with van der Waals surface area (Å²) in [7, 11) is 0. The van der Waals surface area contributed by atoms with Crippen LogP contribution in [0.25, 0.3) is 0 Å². The zero-order valence-corrected chi connectivity index (χ0v) is 16.6. The number of hydrogen-bond acceptors (Lipinski definition) is 3. The Labute approximate surface area is 162 Å². The highest BCUT2D eigenvalue weighted by molar-refractivity contribution is 5.88. The van der Waals surface area contributed by atoms with E-state index in [0.29, 0.717) is 45.2 Å². The molecule has 0 aromatic heterocycles. The fraction of sp³-hybridized carbons (Fsp3) is 0.850. The Balaban J connectivity index is 1.49. The Morgan fingerprint density at radius 3 is 2.11 bits per heavy atom. The van der Waals surface area contributed by atoms with Crippen LogP contribution in [-0.2, 0) is 9.59 Å². The Kier molecular flexibility index (Phi) is 6.96. The predicted octanol–water partition coefficient (Wildman–Crippen LogP) is 1.96. The standard InChI is InChI=1S/C20H34N4O3/c1-2-18(25)24-11-7-6-10-17(24)19(26)22-12-14-23(15-13-22)20(27)21-16-8-4-3-5-9-16/h16-17H,2-15H2,1H3,(H,21,27). The molecule has 4 amide bonds. The second-order valence-electron chi connectivity index (χ2n) is 8.05. The number of carbonyl (C=O) groups is 3. The first-order valence-corrected chi connectivity index (χ1v) is 10.7. The molecule has 1 aliphatic carbocycles. The summed E-state index contributed by atoms with van der Waals surface area (Å²) in [6, 6.07) is 0.00466. The molecule has 1 unspecified atom stereocenters. The molecule has 152 valence electrons. The highest BCUT2D eigenvalue weighted by atomic mass is 16.2. The van der Waals surface area contributed by atoms with Gasteiger partial charge in [-0.15, -0.1) is 0 Å². The van der Waals surface area contributed by atoms with Crippen molar-refractivity contribution in [2.24, 2.45) is 0 Å². The van der Waals surface area contributed by atoms with Crippen LogP contribution in [-0.4, -0.2) is 77.4 Å². The van der Waals surface area contributed by atoms with Crippen molar-refractivity contribution in [2.75, 3.05) is 32.7 Å². The molecule has 2 saturated heterocycles. The summed E-state index contributed by atoms with van der Waals surface area (Å²) in [5.74, 6) is 0.127. The van der Waals surface area contributed by atoms with Crippen molar-refractivity contribution in [1.82, 2.24) is 20.0 Å². The molecule has 0 radical (unpaired) electrons. The summed E-state index contributed by atoms with van der Waals surface area (Å²) in [5.41, 5.74) is 0. The van der Waals surface area contributed by atoms with Gasteiger partial charge in [0.15, 0.2) is 0 Å². The zero-order valence-electron chi connectivity index (χ0n) is 16.6. The second kappa shape index (κ2) is 9.42. The minimum Gasteiger partial charge on any atom is -0.337 e. The van der Waals surface area contributed by atoms with E-state index in [1.54, 1.807) is 4.90 Å². The highest BCUT2D eigenvalue weighted by Gasteiger charge is 2.35. The van der Waals surface area contributed by atoms with Gasteiger partial charge in [0.25, 0.3) is 0 Å². The van der Waals surface area contributed by atoms with Gasteiger partial charge in [0.2, 0.25) is 11.8 Å². The molecule has 0 aromatic rings. The summed E-state index contributed by atoms with van der Waals surface area (Å²) < 4.78 is 0. The Bertz CT molecular complexity index is 539. The van der Waals surface area contributed by atoms with Crippen LogP contribution in [0.4, 0.5) is 4.79 Å². The molecule has 7 nitrogen and oxygen atoms in total. The van der Waals surface area contributed by atoms with Crippen molar-refractivity contribution >= 4 is 17.8 Å². The van der Waals surface area contributed by atoms with Gasteiger partial charge in [0.05, 0.1) is 0 Å². The van der Waals surface area contributed by atoms with E-state index in [4.69, 9.17) is 0 Å². The van der Waals surface area contributed by atoms with Gasteiger partial charge < -0.3 is 20.0 Å². The van der Waals surface area contributed by atoms with E-state index in [0.717, 1.165) is 32.1 Å². The first-order valence-electron chi connectivity index (χ1n) is 10.7. The van der Waals surface area contributed by atoms with Gasteiger partial charge in [0, 0.05) is 45.2 Å². The van der Waals surface area contributed by atoms with E-state index in [1.807, 2.05) is 16.7 Å². The van der Waals surface area contributed by atoms with Crippen LogP contribution in [0.15, 0.2) is 0 Å². The number of rotatable bonds is 3. The molecule has 0 spiro atoms. The molecule has 0 aromatic carbocycles. The maximum Gasteiger partial charge on any atom is 0.317 e.